The third-order valence-corrected chi connectivity index (χ3v) is 7.40. The van der Waals surface area contributed by atoms with Crippen molar-refractivity contribution >= 4 is 33.5 Å². The first kappa shape index (κ1) is 26.8. The highest BCUT2D eigenvalue weighted by Crippen LogP contribution is 2.41. The second-order valence-corrected chi connectivity index (χ2v) is 12.6. The number of hydrogen-bond donors (Lipinski definition) is 0. The fraction of sp³-hybridized carbons (Fsp3) is 0.312. The maximum atomic E-state index is 6.21. The van der Waals surface area contributed by atoms with Gasteiger partial charge in [-0.1, -0.05) is 66.9 Å². The Kier molecular flexibility index (Phi) is 6.89. The molecular formula is C32H34N2O4S. The molecule has 0 amide bonds. The van der Waals surface area contributed by atoms with Crippen LogP contribution in [0.3, 0.4) is 0 Å². The van der Waals surface area contributed by atoms with Gasteiger partial charge in [-0.15, -0.1) is 11.3 Å². The van der Waals surface area contributed by atoms with Crippen LogP contribution in [0.15, 0.2) is 70.5 Å². The van der Waals surface area contributed by atoms with Crippen LogP contribution in [0.1, 0.15) is 52.7 Å². The number of nitrogens with zero attached hydrogens (tertiary/aromatic N) is 2. The Morgan fingerprint density at radius 1 is 0.718 bits per heavy atom. The molecule has 0 atom stereocenters. The highest BCUT2D eigenvalue weighted by Gasteiger charge is 2.24. The molecule has 5 aromatic rings. The number of hydrogen-bond acceptors (Lipinski definition) is 7. The van der Waals surface area contributed by atoms with Crippen molar-refractivity contribution in [3.05, 3.63) is 72.8 Å². The zero-order valence-corrected chi connectivity index (χ0v) is 24.2. The molecule has 0 fully saturated rings. The van der Waals surface area contributed by atoms with Gasteiger partial charge in [-0.2, -0.15) is 0 Å². The van der Waals surface area contributed by atoms with Crippen LogP contribution in [0.2, 0.25) is 0 Å². The van der Waals surface area contributed by atoms with Crippen LogP contribution in [0.4, 0.5) is 0 Å². The number of fused-ring (bicyclic) bond motifs is 2. The molecule has 0 bridgehead atoms. The second kappa shape index (κ2) is 10.0. The smallest absolute Gasteiger partial charge is 0.237 e. The molecule has 3 aromatic heterocycles. The summed E-state index contributed by atoms with van der Waals surface area (Å²) in [7, 11) is 0. The summed E-state index contributed by atoms with van der Waals surface area (Å²) in [4.78, 5) is 11.3. The minimum Gasteiger partial charge on any atom is -0.489 e. The highest BCUT2D eigenvalue weighted by atomic mass is 32.1. The van der Waals surface area contributed by atoms with Crippen molar-refractivity contribution in [1.82, 2.24) is 9.97 Å². The van der Waals surface area contributed by atoms with Crippen LogP contribution in [0.5, 0.6) is 11.5 Å². The van der Waals surface area contributed by atoms with Crippen molar-refractivity contribution in [1.29, 1.82) is 0 Å². The lowest BCUT2D eigenvalue weighted by Gasteiger charge is -2.22. The summed E-state index contributed by atoms with van der Waals surface area (Å²) in [6, 6.07) is 11.9. The number of aromatic nitrogens is 2. The molecule has 0 spiro atoms. The van der Waals surface area contributed by atoms with E-state index in [-0.39, 0.29) is 10.8 Å². The molecule has 0 aliphatic heterocycles. The second-order valence-electron chi connectivity index (χ2n) is 11.5. The lowest BCUT2D eigenvalue weighted by Crippen LogP contribution is -2.13. The van der Waals surface area contributed by atoms with E-state index in [1.54, 1.807) is 12.2 Å². The minimum atomic E-state index is -0.121. The van der Waals surface area contributed by atoms with E-state index in [0.29, 0.717) is 25.0 Å². The molecule has 6 nitrogen and oxygen atoms in total. The normalized spacial score (nSPS) is 12.3. The van der Waals surface area contributed by atoms with Crippen molar-refractivity contribution in [2.24, 2.45) is 0 Å². The monoisotopic (exact) mass is 542 g/mol. The van der Waals surface area contributed by atoms with E-state index in [0.717, 1.165) is 54.6 Å². The molecule has 3 heterocycles. The quantitative estimate of drug-likeness (QED) is 0.182. The number of oxazole rings is 2. The van der Waals surface area contributed by atoms with Gasteiger partial charge in [-0.05, 0) is 35.1 Å². The summed E-state index contributed by atoms with van der Waals surface area (Å²) in [5, 5.41) is 0. The van der Waals surface area contributed by atoms with Crippen molar-refractivity contribution in [3.63, 3.8) is 0 Å². The Morgan fingerprint density at radius 3 is 1.49 bits per heavy atom. The summed E-state index contributed by atoms with van der Waals surface area (Å²) in [6.07, 6.45) is 3.48. The molecule has 5 rings (SSSR count). The first-order chi connectivity index (χ1) is 18.5. The van der Waals surface area contributed by atoms with E-state index in [4.69, 9.17) is 28.3 Å². The average molecular weight is 543 g/mol. The van der Waals surface area contributed by atoms with E-state index in [2.05, 4.69) is 54.7 Å². The Balaban J connectivity index is 1.51. The number of benzene rings is 2. The van der Waals surface area contributed by atoms with Gasteiger partial charge in [0, 0.05) is 23.3 Å². The average Bonchev–Trinajstić information content (AvgIpc) is 3.60. The van der Waals surface area contributed by atoms with Gasteiger partial charge in [-0.25, -0.2) is 9.97 Å². The summed E-state index contributed by atoms with van der Waals surface area (Å²) in [6.45, 7) is 21.3. The number of ether oxygens (including phenoxy) is 2. The zero-order chi connectivity index (χ0) is 27.9. The first-order valence-corrected chi connectivity index (χ1v) is 13.8. The van der Waals surface area contributed by atoms with Crippen molar-refractivity contribution in [3.8, 4) is 33.0 Å². The van der Waals surface area contributed by atoms with Crippen LogP contribution >= 0.6 is 11.3 Å². The van der Waals surface area contributed by atoms with Crippen LogP contribution in [0, 0.1) is 0 Å². The zero-order valence-electron chi connectivity index (χ0n) is 23.4. The predicted octanol–water partition coefficient (Wildman–Crippen LogP) is 9.09. The maximum Gasteiger partial charge on any atom is 0.237 e. The van der Waals surface area contributed by atoms with E-state index in [9.17, 15) is 0 Å². The molecule has 2 aromatic carbocycles. The van der Waals surface area contributed by atoms with Gasteiger partial charge in [0.2, 0.25) is 11.8 Å². The van der Waals surface area contributed by atoms with Crippen molar-refractivity contribution < 1.29 is 18.3 Å². The van der Waals surface area contributed by atoms with Crippen LogP contribution in [-0.2, 0) is 10.8 Å². The summed E-state index contributed by atoms with van der Waals surface area (Å²) in [5.41, 5.74) is 4.81. The van der Waals surface area contributed by atoms with E-state index < -0.39 is 0 Å². The van der Waals surface area contributed by atoms with Gasteiger partial charge in [-0.3, -0.25) is 0 Å². The Hall–Kier alpha value is -3.84. The first-order valence-electron chi connectivity index (χ1n) is 13.0. The molecule has 7 heteroatoms. The molecule has 39 heavy (non-hydrogen) atoms. The van der Waals surface area contributed by atoms with E-state index in [1.807, 2.05) is 36.4 Å². The molecule has 0 aliphatic carbocycles. The largest absolute Gasteiger partial charge is 0.489 e. The molecule has 0 aliphatic rings. The van der Waals surface area contributed by atoms with Crippen molar-refractivity contribution in [2.45, 2.75) is 52.4 Å². The van der Waals surface area contributed by atoms with Crippen LogP contribution in [-0.4, -0.2) is 23.2 Å². The summed E-state index contributed by atoms with van der Waals surface area (Å²) >= 11 is 1.52. The highest BCUT2D eigenvalue weighted by molar-refractivity contribution is 7.18. The standard InChI is InChI=1S/C32H34N2O4S/c1-9-13-35-23-17-21-25(15-19(23)31(3,4)5)37-29(33-21)27-11-12-28(39-27)30-34-22-18-24(36-14-10-2)20(32(6,7)8)16-26(22)38-30/h9-12,15-18H,1-2,13-14H2,3-8H3. The van der Waals surface area contributed by atoms with Crippen LogP contribution in [0.25, 0.3) is 43.7 Å². The SMILES string of the molecule is C=CCOc1cc2nc(-c3ccc(-c4nc5cc(OCC=C)c(C(C)(C)C)cc5o4)s3)oc2cc1C(C)(C)C. The Bertz CT molecular complexity index is 1550. The fourth-order valence-corrected chi connectivity index (χ4v) is 5.25. The lowest BCUT2D eigenvalue weighted by atomic mass is 9.86. The third-order valence-electron chi connectivity index (χ3n) is 6.34. The van der Waals surface area contributed by atoms with E-state index >= 15 is 0 Å². The maximum absolute atomic E-state index is 6.21. The molecule has 0 saturated carbocycles. The lowest BCUT2D eigenvalue weighted by molar-refractivity contribution is 0.351. The minimum absolute atomic E-state index is 0.121. The van der Waals surface area contributed by atoms with Crippen LogP contribution < -0.4 is 9.47 Å². The van der Waals surface area contributed by atoms with Crippen molar-refractivity contribution in [2.75, 3.05) is 13.2 Å². The molecule has 0 unspecified atom stereocenters. The molecule has 0 radical (unpaired) electrons. The Labute approximate surface area is 233 Å². The van der Waals surface area contributed by atoms with Gasteiger partial charge >= 0.3 is 0 Å². The third kappa shape index (κ3) is 5.36. The topological polar surface area (TPSA) is 70.5 Å². The van der Waals surface area contributed by atoms with Gasteiger partial charge in [0.1, 0.15) is 35.7 Å². The fourth-order valence-electron chi connectivity index (χ4n) is 4.40. The predicted molar refractivity (Wildman–Crippen MR) is 159 cm³/mol. The molecule has 202 valence electrons. The van der Waals surface area contributed by atoms with Gasteiger partial charge in [0.05, 0.1) is 9.75 Å². The summed E-state index contributed by atoms with van der Waals surface area (Å²) in [5.74, 6) is 2.68. The molecule has 0 saturated heterocycles. The van der Waals surface area contributed by atoms with Gasteiger partial charge in [0.15, 0.2) is 11.2 Å². The number of thiophene rings is 1. The molecular weight excluding hydrogens is 508 g/mol. The summed E-state index contributed by atoms with van der Waals surface area (Å²) < 4.78 is 24.3. The van der Waals surface area contributed by atoms with Gasteiger partial charge in [0.25, 0.3) is 0 Å². The Morgan fingerprint density at radius 2 is 1.13 bits per heavy atom. The van der Waals surface area contributed by atoms with E-state index in [1.165, 1.54) is 11.3 Å². The number of rotatable bonds is 8. The molecule has 0 N–H and O–H groups in total. The van der Waals surface area contributed by atoms with Gasteiger partial charge < -0.3 is 18.3 Å².